The van der Waals surface area contributed by atoms with E-state index in [4.69, 9.17) is 0 Å². The van der Waals surface area contributed by atoms with Crippen LogP contribution in [-0.4, -0.2) is 26.7 Å². The van der Waals surface area contributed by atoms with E-state index < -0.39 is 0 Å². The SMILES string of the molecule is Cc1ccc(Sc2ncccc2C=[N+](O)C(C)(C)C)cc1. The lowest BCUT2D eigenvalue weighted by molar-refractivity contribution is -0.816. The fourth-order valence-corrected chi connectivity index (χ4v) is 2.48. The monoisotopic (exact) mass is 301 g/mol. The van der Waals surface area contributed by atoms with Gasteiger partial charge in [0.05, 0.1) is 5.56 Å². The third-order valence-corrected chi connectivity index (χ3v) is 4.03. The Balaban J connectivity index is 2.31. The molecule has 0 radical (unpaired) electrons. The highest BCUT2D eigenvalue weighted by molar-refractivity contribution is 7.99. The fourth-order valence-electron chi connectivity index (χ4n) is 1.63. The van der Waals surface area contributed by atoms with E-state index in [9.17, 15) is 5.21 Å². The third kappa shape index (κ3) is 4.33. The summed E-state index contributed by atoms with van der Waals surface area (Å²) in [7, 11) is 0. The predicted molar refractivity (Wildman–Crippen MR) is 86.5 cm³/mol. The summed E-state index contributed by atoms with van der Waals surface area (Å²) in [6, 6.07) is 12.2. The van der Waals surface area contributed by atoms with Gasteiger partial charge in [0.2, 0.25) is 11.8 Å². The van der Waals surface area contributed by atoms with Gasteiger partial charge >= 0.3 is 0 Å². The molecule has 2 aromatic rings. The molecule has 0 atom stereocenters. The summed E-state index contributed by atoms with van der Waals surface area (Å²) in [6.07, 6.45) is 3.50. The number of benzene rings is 1. The molecule has 110 valence electrons. The van der Waals surface area contributed by atoms with Gasteiger partial charge in [-0.3, -0.25) is 5.21 Å². The summed E-state index contributed by atoms with van der Waals surface area (Å²) < 4.78 is 1.23. The molecule has 0 fully saturated rings. The zero-order valence-electron chi connectivity index (χ0n) is 12.9. The molecule has 0 aliphatic carbocycles. The maximum atomic E-state index is 10.1. The minimum atomic E-state index is -0.346. The molecule has 1 heterocycles. The van der Waals surface area contributed by atoms with Crippen molar-refractivity contribution < 1.29 is 9.95 Å². The lowest BCUT2D eigenvalue weighted by Crippen LogP contribution is -2.31. The maximum Gasteiger partial charge on any atom is 0.226 e. The maximum absolute atomic E-state index is 10.1. The first-order valence-electron chi connectivity index (χ1n) is 6.89. The minimum absolute atomic E-state index is 0.346. The van der Waals surface area contributed by atoms with E-state index in [0.717, 1.165) is 15.5 Å². The second-order valence-electron chi connectivity index (χ2n) is 5.96. The molecule has 21 heavy (non-hydrogen) atoms. The smallest absolute Gasteiger partial charge is 0.226 e. The van der Waals surface area contributed by atoms with Crippen LogP contribution in [0.5, 0.6) is 0 Å². The molecular formula is C17H21N2OS+. The van der Waals surface area contributed by atoms with Gasteiger partial charge in [-0.2, -0.15) is 0 Å². The van der Waals surface area contributed by atoms with Gasteiger partial charge in [0, 0.05) is 31.9 Å². The van der Waals surface area contributed by atoms with Crippen molar-refractivity contribution in [2.75, 3.05) is 0 Å². The highest BCUT2D eigenvalue weighted by Crippen LogP contribution is 2.28. The van der Waals surface area contributed by atoms with E-state index >= 15 is 0 Å². The number of hydrogen-bond acceptors (Lipinski definition) is 3. The van der Waals surface area contributed by atoms with Gasteiger partial charge in [-0.1, -0.05) is 29.5 Å². The Morgan fingerprint density at radius 3 is 2.43 bits per heavy atom. The Bertz CT molecular complexity index is 643. The van der Waals surface area contributed by atoms with E-state index in [1.807, 2.05) is 32.9 Å². The van der Waals surface area contributed by atoms with Crippen LogP contribution in [0.1, 0.15) is 31.9 Å². The van der Waals surface area contributed by atoms with Gasteiger partial charge in [0.25, 0.3) is 0 Å². The number of aryl methyl sites for hydroxylation is 1. The van der Waals surface area contributed by atoms with Crippen LogP contribution >= 0.6 is 11.8 Å². The van der Waals surface area contributed by atoms with Crippen LogP contribution in [0.15, 0.2) is 52.5 Å². The molecule has 0 bridgehead atoms. The van der Waals surface area contributed by atoms with Crippen LogP contribution in [0.3, 0.4) is 0 Å². The number of aromatic nitrogens is 1. The van der Waals surface area contributed by atoms with Crippen molar-refractivity contribution in [2.45, 2.75) is 43.2 Å². The standard InChI is InChI=1S/C17H21N2OS/c1-13-7-9-15(10-8-13)21-16-14(6-5-11-18-16)12-19(20)17(2,3)4/h5-12,20H,1-4H3/q+1. The Hall–Kier alpha value is -1.81. The van der Waals surface area contributed by atoms with Crippen LogP contribution in [0.25, 0.3) is 0 Å². The second kappa shape index (κ2) is 6.31. The van der Waals surface area contributed by atoms with Crippen molar-refractivity contribution in [1.29, 1.82) is 0 Å². The van der Waals surface area contributed by atoms with Crippen LogP contribution in [-0.2, 0) is 0 Å². The molecule has 4 heteroatoms. The van der Waals surface area contributed by atoms with Crippen LogP contribution in [0.2, 0.25) is 0 Å². The zero-order valence-corrected chi connectivity index (χ0v) is 13.7. The summed E-state index contributed by atoms with van der Waals surface area (Å²) in [5, 5.41) is 11.0. The number of pyridine rings is 1. The average Bonchev–Trinajstić information content (AvgIpc) is 2.42. The van der Waals surface area contributed by atoms with E-state index in [2.05, 4.69) is 36.2 Å². The van der Waals surface area contributed by atoms with Crippen LogP contribution < -0.4 is 0 Å². The van der Waals surface area contributed by atoms with Crippen LogP contribution in [0, 0.1) is 6.92 Å². The molecule has 1 aromatic heterocycles. The van der Waals surface area contributed by atoms with Crippen molar-refractivity contribution in [3.05, 3.63) is 53.7 Å². The molecule has 0 unspecified atom stereocenters. The Kier molecular flexibility index (Phi) is 4.68. The topological polar surface area (TPSA) is 36.1 Å². The van der Waals surface area contributed by atoms with Crippen molar-refractivity contribution in [3.63, 3.8) is 0 Å². The summed E-state index contributed by atoms with van der Waals surface area (Å²) in [4.78, 5) is 5.56. The van der Waals surface area contributed by atoms with Gasteiger partial charge in [-0.25, -0.2) is 4.98 Å². The van der Waals surface area contributed by atoms with Gasteiger partial charge < -0.3 is 0 Å². The Morgan fingerprint density at radius 2 is 1.81 bits per heavy atom. The van der Waals surface area contributed by atoms with Crippen molar-refractivity contribution in [1.82, 2.24) is 4.98 Å². The first kappa shape index (κ1) is 15.6. The highest BCUT2D eigenvalue weighted by atomic mass is 32.2. The molecule has 0 aliphatic heterocycles. The van der Waals surface area contributed by atoms with Crippen LogP contribution in [0.4, 0.5) is 0 Å². The first-order valence-corrected chi connectivity index (χ1v) is 7.70. The second-order valence-corrected chi connectivity index (χ2v) is 7.02. The predicted octanol–water partition coefficient (Wildman–Crippen LogP) is 4.16. The highest BCUT2D eigenvalue weighted by Gasteiger charge is 2.24. The average molecular weight is 301 g/mol. The third-order valence-electron chi connectivity index (χ3n) is 2.98. The van der Waals surface area contributed by atoms with Crippen molar-refractivity contribution in [3.8, 4) is 0 Å². The molecular weight excluding hydrogens is 280 g/mol. The molecule has 0 saturated heterocycles. The van der Waals surface area contributed by atoms with Gasteiger partial charge in [-0.05, 0) is 35.9 Å². The van der Waals surface area contributed by atoms with Crippen molar-refractivity contribution in [2.24, 2.45) is 0 Å². The van der Waals surface area contributed by atoms with Gasteiger partial charge in [0.15, 0.2) is 0 Å². The zero-order chi connectivity index (χ0) is 15.5. The van der Waals surface area contributed by atoms with Gasteiger partial charge in [0.1, 0.15) is 5.03 Å². The van der Waals surface area contributed by atoms with Gasteiger partial charge in [-0.15, -0.1) is 0 Å². The number of hydrogen-bond donors (Lipinski definition) is 1. The van der Waals surface area contributed by atoms with Crippen molar-refractivity contribution >= 4 is 18.0 Å². The molecule has 0 aliphatic rings. The quantitative estimate of drug-likeness (QED) is 0.400. The Labute approximate surface area is 130 Å². The largest absolute Gasteiger partial charge is 0.290 e. The fraction of sp³-hybridized carbons (Fsp3) is 0.294. The molecule has 3 nitrogen and oxygen atoms in total. The minimum Gasteiger partial charge on any atom is -0.290 e. The molecule has 0 saturated carbocycles. The molecule has 2 rings (SSSR count). The normalized spacial score (nSPS) is 12.5. The molecule has 0 spiro atoms. The lowest BCUT2D eigenvalue weighted by atomic mass is 10.1. The summed E-state index contributed by atoms with van der Waals surface area (Å²) in [5.41, 5.74) is 1.80. The van der Waals surface area contributed by atoms with E-state index in [1.165, 1.54) is 10.3 Å². The lowest BCUT2D eigenvalue weighted by Gasteiger charge is -2.10. The van der Waals surface area contributed by atoms with E-state index in [0.29, 0.717) is 0 Å². The number of rotatable bonds is 3. The molecule has 0 amide bonds. The summed E-state index contributed by atoms with van der Waals surface area (Å²) >= 11 is 1.60. The summed E-state index contributed by atoms with van der Waals surface area (Å²) in [6.45, 7) is 7.92. The first-order chi connectivity index (χ1) is 9.86. The summed E-state index contributed by atoms with van der Waals surface area (Å²) in [5.74, 6) is 0. The number of nitrogens with zero attached hydrogens (tertiary/aromatic N) is 2. The molecule has 1 N–H and O–H groups in total. The molecule has 1 aromatic carbocycles. The Morgan fingerprint density at radius 1 is 1.14 bits per heavy atom. The number of hydroxylamine groups is 1. The van der Waals surface area contributed by atoms with E-state index in [-0.39, 0.29) is 5.54 Å². The van der Waals surface area contributed by atoms with E-state index in [1.54, 1.807) is 24.2 Å².